The molecule has 1 amide bonds. The van der Waals surface area contributed by atoms with Crippen molar-refractivity contribution in [2.45, 2.75) is 51.6 Å². The van der Waals surface area contributed by atoms with Crippen molar-refractivity contribution in [2.24, 2.45) is 11.7 Å². The summed E-state index contributed by atoms with van der Waals surface area (Å²) in [6.07, 6.45) is 4.49. The maximum absolute atomic E-state index is 11.2. The standard InChI is InChI=1S/C12H24N2OS/c1-3-9(2)8-16-7-6-11(12(13)15)14-10-4-5-10/h9-11,14H,3-8H2,1-2H3,(H2,13,15). The molecule has 1 aliphatic rings. The molecule has 3 N–H and O–H groups in total. The van der Waals surface area contributed by atoms with Gasteiger partial charge in [0, 0.05) is 6.04 Å². The van der Waals surface area contributed by atoms with E-state index in [4.69, 9.17) is 5.73 Å². The second kappa shape index (κ2) is 7.17. The quantitative estimate of drug-likeness (QED) is 0.608. The van der Waals surface area contributed by atoms with E-state index >= 15 is 0 Å². The van der Waals surface area contributed by atoms with Crippen molar-refractivity contribution in [3.05, 3.63) is 0 Å². The van der Waals surface area contributed by atoms with E-state index in [1.807, 2.05) is 11.8 Å². The fourth-order valence-corrected chi connectivity index (χ4v) is 2.65. The lowest BCUT2D eigenvalue weighted by Gasteiger charge is -2.15. The van der Waals surface area contributed by atoms with Crippen LogP contribution >= 0.6 is 11.8 Å². The maximum Gasteiger partial charge on any atom is 0.234 e. The third-order valence-corrected chi connectivity index (χ3v) is 4.34. The highest BCUT2D eigenvalue weighted by Gasteiger charge is 2.26. The van der Waals surface area contributed by atoms with Crippen molar-refractivity contribution < 1.29 is 4.79 Å². The topological polar surface area (TPSA) is 55.1 Å². The predicted molar refractivity (Wildman–Crippen MR) is 70.5 cm³/mol. The average Bonchev–Trinajstić information content (AvgIpc) is 3.05. The number of rotatable bonds is 9. The molecule has 0 heterocycles. The monoisotopic (exact) mass is 244 g/mol. The van der Waals surface area contributed by atoms with Crippen molar-refractivity contribution in [3.8, 4) is 0 Å². The minimum absolute atomic E-state index is 0.114. The third kappa shape index (κ3) is 5.75. The zero-order valence-corrected chi connectivity index (χ0v) is 11.2. The molecule has 0 aromatic heterocycles. The van der Waals surface area contributed by atoms with E-state index in [1.54, 1.807) is 0 Å². The molecule has 0 aliphatic heterocycles. The first-order valence-electron chi connectivity index (χ1n) is 6.26. The Bertz CT molecular complexity index is 219. The average molecular weight is 244 g/mol. The lowest BCUT2D eigenvalue weighted by atomic mass is 10.2. The first kappa shape index (κ1) is 13.8. The highest BCUT2D eigenvalue weighted by molar-refractivity contribution is 7.99. The molecule has 4 heteroatoms. The van der Waals surface area contributed by atoms with E-state index in [0.29, 0.717) is 6.04 Å². The predicted octanol–water partition coefficient (Wildman–Crippen LogP) is 1.76. The smallest absolute Gasteiger partial charge is 0.234 e. The van der Waals surface area contributed by atoms with Gasteiger partial charge in [0.1, 0.15) is 0 Å². The van der Waals surface area contributed by atoms with Gasteiger partial charge in [0.15, 0.2) is 0 Å². The van der Waals surface area contributed by atoms with E-state index < -0.39 is 0 Å². The van der Waals surface area contributed by atoms with Crippen LogP contribution in [0.25, 0.3) is 0 Å². The molecule has 1 saturated carbocycles. The summed E-state index contributed by atoms with van der Waals surface area (Å²) < 4.78 is 0. The zero-order valence-electron chi connectivity index (χ0n) is 10.4. The fraction of sp³-hybridized carbons (Fsp3) is 0.917. The van der Waals surface area contributed by atoms with Gasteiger partial charge in [0.05, 0.1) is 6.04 Å². The van der Waals surface area contributed by atoms with Crippen molar-refractivity contribution in [2.75, 3.05) is 11.5 Å². The maximum atomic E-state index is 11.2. The Hall–Kier alpha value is -0.220. The highest BCUT2D eigenvalue weighted by atomic mass is 32.2. The molecule has 16 heavy (non-hydrogen) atoms. The summed E-state index contributed by atoms with van der Waals surface area (Å²) in [5, 5.41) is 3.30. The number of nitrogens with one attached hydrogen (secondary N) is 1. The van der Waals surface area contributed by atoms with Gasteiger partial charge < -0.3 is 11.1 Å². The largest absolute Gasteiger partial charge is 0.368 e. The third-order valence-electron chi connectivity index (χ3n) is 3.01. The molecule has 0 aromatic carbocycles. The molecule has 2 atom stereocenters. The Balaban J connectivity index is 2.09. The summed E-state index contributed by atoms with van der Waals surface area (Å²) in [7, 11) is 0. The molecular weight excluding hydrogens is 220 g/mol. The van der Waals surface area contributed by atoms with E-state index in [0.717, 1.165) is 18.1 Å². The Morgan fingerprint density at radius 3 is 2.75 bits per heavy atom. The van der Waals surface area contributed by atoms with Gasteiger partial charge >= 0.3 is 0 Å². The Morgan fingerprint density at radius 2 is 2.25 bits per heavy atom. The molecule has 3 nitrogen and oxygen atoms in total. The van der Waals surface area contributed by atoms with Gasteiger partial charge in [-0.3, -0.25) is 4.79 Å². The van der Waals surface area contributed by atoms with Crippen molar-refractivity contribution in [1.29, 1.82) is 0 Å². The molecule has 1 rings (SSSR count). The minimum Gasteiger partial charge on any atom is -0.368 e. The van der Waals surface area contributed by atoms with Crippen LogP contribution < -0.4 is 11.1 Å². The summed E-state index contributed by atoms with van der Waals surface area (Å²) >= 11 is 1.93. The van der Waals surface area contributed by atoms with Gasteiger partial charge in [-0.1, -0.05) is 20.3 Å². The summed E-state index contributed by atoms with van der Waals surface area (Å²) in [6, 6.07) is 0.439. The zero-order chi connectivity index (χ0) is 12.0. The van der Waals surface area contributed by atoms with Crippen LogP contribution in [0.4, 0.5) is 0 Å². The van der Waals surface area contributed by atoms with Crippen molar-refractivity contribution in [1.82, 2.24) is 5.32 Å². The highest BCUT2D eigenvalue weighted by Crippen LogP contribution is 2.20. The number of nitrogens with two attached hydrogens (primary N) is 1. The number of carbonyl (C=O) groups excluding carboxylic acids is 1. The van der Waals surface area contributed by atoms with Crippen LogP contribution in [0, 0.1) is 5.92 Å². The van der Waals surface area contributed by atoms with Crippen LogP contribution in [0.5, 0.6) is 0 Å². The van der Waals surface area contributed by atoms with Gasteiger partial charge in [-0.05, 0) is 36.7 Å². The first-order valence-corrected chi connectivity index (χ1v) is 7.42. The van der Waals surface area contributed by atoms with Gasteiger partial charge in [0.25, 0.3) is 0 Å². The Labute approximate surface area is 103 Å². The molecule has 94 valence electrons. The van der Waals surface area contributed by atoms with E-state index in [9.17, 15) is 4.79 Å². The van der Waals surface area contributed by atoms with Crippen LogP contribution in [-0.4, -0.2) is 29.5 Å². The van der Waals surface area contributed by atoms with Gasteiger partial charge in [-0.15, -0.1) is 0 Å². The minimum atomic E-state index is -0.198. The summed E-state index contributed by atoms with van der Waals surface area (Å²) in [5.41, 5.74) is 5.37. The molecule has 0 spiro atoms. The molecule has 1 fully saturated rings. The molecule has 0 radical (unpaired) electrons. The van der Waals surface area contributed by atoms with Gasteiger partial charge in [0.2, 0.25) is 5.91 Å². The molecule has 2 unspecified atom stereocenters. The molecule has 1 aliphatic carbocycles. The van der Waals surface area contributed by atoms with Crippen LogP contribution in [0.1, 0.15) is 39.5 Å². The SMILES string of the molecule is CCC(C)CSCCC(NC1CC1)C(N)=O. The molecule has 0 aromatic rings. The fourth-order valence-electron chi connectivity index (χ4n) is 1.45. The summed E-state index contributed by atoms with van der Waals surface area (Å²) in [6.45, 7) is 4.48. The summed E-state index contributed by atoms with van der Waals surface area (Å²) in [4.78, 5) is 11.2. The van der Waals surface area contributed by atoms with E-state index in [-0.39, 0.29) is 11.9 Å². The summed E-state index contributed by atoms with van der Waals surface area (Å²) in [5.74, 6) is 2.78. The Morgan fingerprint density at radius 1 is 1.56 bits per heavy atom. The number of hydrogen-bond donors (Lipinski definition) is 2. The number of amides is 1. The van der Waals surface area contributed by atoms with Crippen LogP contribution in [-0.2, 0) is 4.79 Å². The lowest BCUT2D eigenvalue weighted by Crippen LogP contribution is -2.42. The number of primary amides is 1. The normalized spacial score (nSPS) is 19.4. The number of hydrogen-bond acceptors (Lipinski definition) is 3. The lowest BCUT2D eigenvalue weighted by molar-refractivity contribution is -0.120. The second-order valence-corrected chi connectivity index (χ2v) is 5.92. The molecule has 0 bridgehead atoms. The molecule has 0 saturated heterocycles. The van der Waals surface area contributed by atoms with Crippen molar-refractivity contribution >= 4 is 17.7 Å². The van der Waals surface area contributed by atoms with Gasteiger partial charge in [-0.2, -0.15) is 11.8 Å². The molecular formula is C12H24N2OS. The van der Waals surface area contributed by atoms with E-state index in [2.05, 4.69) is 19.2 Å². The van der Waals surface area contributed by atoms with Crippen LogP contribution in [0.3, 0.4) is 0 Å². The van der Waals surface area contributed by atoms with Crippen molar-refractivity contribution in [3.63, 3.8) is 0 Å². The van der Waals surface area contributed by atoms with E-state index in [1.165, 1.54) is 25.0 Å². The van der Waals surface area contributed by atoms with Gasteiger partial charge in [-0.25, -0.2) is 0 Å². The number of thioether (sulfide) groups is 1. The Kier molecular flexibility index (Phi) is 6.21. The van der Waals surface area contributed by atoms with Crippen LogP contribution in [0.15, 0.2) is 0 Å². The number of carbonyl (C=O) groups is 1. The first-order chi connectivity index (χ1) is 7.63. The van der Waals surface area contributed by atoms with Crippen LogP contribution in [0.2, 0.25) is 0 Å². The second-order valence-electron chi connectivity index (χ2n) is 4.77.